The Morgan fingerprint density at radius 1 is 0.729 bits per heavy atom. The molecular formula is C35H40N6O5S2+2. The van der Waals surface area contributed by atoms with Gasteiger partial charge < -0.3 is 18.9 Å². The Kier molecular flexibility index (Phi) is 9.35. The molecule has 4 aromatic heterocycles. The quantitative estimate of drug-likeness (QED) is 0.132. The number of benzene rings is 2. The van der Waals surface area contributed by atoms with Crippen molar-refractivity contribution < 1.29 is 32.3 Å². The summed E-state index contributed by atoms with van der Waals surface area (Å²) >= 11 is 0. The van der Waals surface area contributed by atoms with E-state index in [9.17, 15) is 4.21 Å². The molecule has 13 heteroatoms. The second kappa shape index (κ2) is 13.5. The van der Waals surface area contributed by atoms with Crippen molar-refractivity contribution in [1.82, 2.24) is 19.9 Å². The van der Waals surface area contributed by atoms with Gasteiger partial charge in [0, 0.05) is 34.4 Å². The highest BCUT2D eigenvalue weighted by molar-refractivity contribution is 8.68. The van der Waals surface area contributed by atoms with Crippen molar-refractivity contribution in [2.45, 2.75) is 46.1 Å². The van der Waals surface area contributed by atoms with Crippen molar-refractivity contribution in [1.29, 1.82) is 0 Å². The minimum absolute atomic E-state index is 0.263. The highest BCUT2D eigenvalue weighted by Gasteiger charge is 2.28. The van der Waals surface area contributed by atoms with Gasteiger partial charge in [-0.05, 0) is 58.9 Å². The first-order chi connectivity index (χ1) is 23.1. The van der Waals surface area contributed by atoms with Crippen molar-refractivity contribution in [2.24, 2.45) is 0 Å². The molecule has 0 bridgehead atoms. The van der Waals surface area contributed by atoms with Gasteiger partial charge in [-0.3, -0.25) is 0 Å². The number of hydrogen-bond donors (Lipinski definition) is 2. The lowest BCUT2D eigenvalue weighted by atomic mass is 10.1. The molecule has 0 saturated carbocycles. The Morgan fingerprint density at radius 3 is 1.88 bits per heavy atom. The van der Waals surface area contributed by atoms with Crippen LogP contribution in [0, 0.1) is 34.6 Å². The number of aryl methyl sites for hydroxylation is 1. The van der Waals surface area contributed by atoms with E-state index in [1.165, 1.54) is 10.8 Å². The average Bonchev–Trinajstić information content (AvgIpc) is 3.70. The van der Waals surface area contributed by atoms with Gasteiger partial charge in [0.1, 0.15) is 45.4 Å². The Bertz CT molecular complexity index is 2210. The summed E-state index contributed by atoms with van der Waals surface area (Å²) in [6.45, 7) is 10.1. The fourth-order valence-corrected chi connectivity index (χ4v) is 8.76. The highest BCUT2D eigenvalue weighted by Crippen LogP contribution is 2.32. The molecule has 4 heterocycles. The number of pyridine rings is 2. The molecule has 48 heavy (non-hydrogen) atoms. The number of aromatic amines is 2. The molecule has 0 saturated heterocycles. The second-order valence-electron chi connectivity index (χ2n) is 11.5. The third-order valence-electron chi connectivity index (χ3n) is 8.79. The van der Waals surface area contributed by atoms with E-state index in [0.29, 0.717) is 17.6 Å². The van der Waals surface area contributed by atoms with E-state index in [-0.39, 0.29) is 5.75 Å². The lowest BCUT2D eigenvalue weighted by Crippen LogP contribution is -2.42. The van der Waals surface area contributed by atoms with Gasteiger partial charge in [-0.2, -0.15) is 0 Å². The first-order valence-corrected chi connectivity index (χ1v) is 18.2. The molecule has 1 unspecified atom stereocenters. The molecule has 0 aliphatic rings. The predicted molar refractivity (Wildman–Crippen MR) is 188 cm³/mol. The van der Waals surface area contributed by atoms with Crippen LogP contribution in [0.15, 0.2) is 42.6 Å². The summed E-state index contributed by atoms with van der Waals surface area (Å²) in [5.41, 5.74) is 9.90. The van der Waals surface area contributed by atoms with Crippen molar-refractivity contribution >= 4 is 42.7 Å². The number of nitrogens with zero attached hydrogens (tertiary/aromatic N) is 4. The Hall–Kier alpha value is -4.62. The maximum absolute atomic E-state index is 14.0. The summed E-state index contributed by atoms with van der Waals surface area (Å²) in [6, 6.07) is 11.5. The smallest absolute Gasteiger partial charge is 0.402 e. The van der Waals surface area contributed by atoms with Gasteiger partial charge in [0.05, 0.1) is 61.7 Å². The van der Waals surface area contributed by atoms with E-state index in [4.69, 9.17) is 28.9 Å². The lowest BCUT2D eigenvalue weighted by Gasteiger charge is -2.18. The Labute approximate surface area is 285 Å². The van der Waals surface area contributed by atoms with Gasteiger partial charge in [0.25, 0.3) is 0 Å². The van der Waals surface area contributed by atoms with E-state index in [1.54, 1.807) is 28.4 Å². The molecule has 0 radical (unpaired) electrons. The summed E-state index contributed by atoms with van der Waals surface area (Å²) in [7, 11) is 6.65. The number of H-pyrrole nitrogens is 2. The van der Waals surface area contributed by atoms with Crippen molar-refractivity contribution in [2.75, 3.05) is 28.4 Å². The molecular weight excluding hydrogens is 649 g/mol. The van der Waals surface area contributed by atoms with Gasteiger partial charge in [-0.1, -0.05) is 20.8 Å². The van der Waals surface area contributed by atoms with Gasteiger partial charge in [0.2, 0.25) is 0 Å². The number of methoxy groups -OCH3 is 4. The largest absolute Gasteiger partial charge is 0.497 e. The van der Waals surface area contributed by atoms with Crippen LogP contribution in [0.1, 0.15) is 39.3 Å². The van der Waals surface area contributed by atoms with Crippen LogP contribution in [-0.4, -0.2) is 52.6 Å². The minimum atomic E-state index is -1.34. The molecule has 250 valence electrons. The van der Waals surface area contributed by atoms with Crippen molar-refractivity contribution in [3.05, 3.63) is 81.9 Å². The molecule has 1 atom stereocenters. The molecule has 0 aliphatic heterocycles. The number of ether oxygens (including phenoxy) is 4. The standard InChI is InChI=1S/C35H40N6O5S2/c1-19-16-40(34-36-26-12-10-24(43-6)14-28(26)38-34)31(22(4)32(19)45-8)18-48(42)47-17-30-21(3)33(46-9)20(2)23(5)41(30)35-37-27-13-11-25(44-7)15-29(27)39-35/h10-16H,17-18H2,1-9H3,(H,36,38)(H,37,39)/q+2. The van der Waals surface area contributed by atoms with Crippen LogP contribution in [0.5, 0.6) is 23.0 Å². The first-order valence-electron chi connectivity index (χ1n) is 15.4. The van der Waals surface area contributed by atoms with Gasteiger partial charge in [0.15, 0.2) is 11.0 Å². The van der Waals surface area contributed by atoms with E-state index in [2.05, 4.69) is 14.5 Å². The maximum atomic E-state index is 14.0. The molecule has 6 rings (SSSR count). The average molecular weight is 689 g/mol. The van der Waals surface area contributed by atoms with E-state index in [0.717, 1.165) is 84.4 Å². The van der Waals surface area contributed by atoms with E-state index >= 15 is 0 Å². The third-order valence-corrected chi connectivity index (χ3v) is 11.4. The third kappa shape index (κ3) is 5.96. The van der Waals surface area contributed by atoms with Crippen LogP contribution in [0.25, 0.3) is 34.0 Å². The molecule has 0 spiro atoms. The van der Waals surface area contributed by atoms with Crippen LogP contribution >= 0.6 is 10.8 Å². The van der Waals surface area contributed by atoms with E-state index < -0.39 is 9.83 Å². The molecule has 0 aliphatic carbocycles. The molecule has 2 N–H and O–H groups in total. The monoisotopic (exact) mass is 688 g/mol. The van der Waals surface area contributed by atoms with Crippen LogP contribution in [0.2, 0.25) is 0 Å². The number of nitrogens with one attached hydrogen (secondary N) is 2. The van der Waals surface area contributed by atoms with Gasteiger partial charge >= 0.3 is 11.9 Å². The highest BCUT2D eigenvalue weighted by atomic mass is 33.1. The molecule has 0 fully saturated rings. The van der Waals surface area contributed by atoms with Crippen LogP contribution in [-0.2, 0) is 21.3 Å². The van der Waals surface area contributed by atoms with Crippen molar-refractivity contribution in [3.8, 4) is 34.9 Å². The van der Waals surface area contributed by atoms with E-state index in [1.807, 2.05) is 81.8 Å². The van der Waals surface area contributed by atoms with Gasteiger partial charge in [-0.15, -0.1) is 0 Å². The number of hydrogen-bond acceptors (Lipinski definition) is 8. The fraction of sp³-hybridized carbons (Fsp3) is 0.314. The molecule has 2 aromatic carbocycles. The zero-order chi connectivity index (χ0) is 34.3. The zero-order valence-electron chi connectivity index (χ0n) is 28.6. The summed E-state index contributed by atoms with van der Waals surface area (Å²) in [4.78, 5) is 16.6. The normalized spacial score (nSPS) is 12.1. The van der Waals surface area contributed by atoms with Crippen LogP contribution in [0.4, 0.5) is 0 Å². The maximum Gasteiger partial charge on any atom is 0.402 e. The first kappa shape index (κ1) is 33.3. The summed E-state index contributed by atoms with van der Waals surface area (Å²) in [6.07, 6.45) is 1.97. The number of imidazole rings is 2. The SMILES string of the molecule is COc1ccc2nc(-[n+]3cc(C)c(OC)c(C)c3CS(=O)SCc3c(C)c(OC)c(C)c(C)[n+]3-c3nc4ccc(OC)cc4[nH]3)[nH]c2c1. The number of fused-ring (bicyclic) bond motifs is 2. The number of rotatable bonds is 11. The molecule has 6 aromatic rings. The number of aromatic nitrogens is 6. The summed E-state index contributed by atoms with van der Waals surface area (Å²) in [5, 5.41) is 0. The zero-order valence-corrected chi connectivity index (χ0v) is 30.2. The second-order valence-corrected chi connectivity index (χ2v) is 14.8. The minimum Gasteiger partial charge on any atom is -0.497 e. The van der Waals surface area contributed by atoms with Crippen LogP contribution < -0.4 is 28.1 Å². The predicted octanol–water partition coefficient (Wildman–Crippen LogP) is 5.67. The fourth-order valence-electron chi connectivity index (χ4n) is 6.20. The topological polar surface area (TPSA) is 119 Å². The summed E-state index contributed by atoms with van der Waals surface area (Å²) < 4.78 is 40.6. The molecule has 11 nitrogen and oxygen atoms in total. The van der Waals surface area contributed by atoms with Gasteiger partial charge in [-0.25, -0.2) is 23.3 Å². The summed E-state index contributed by atoms with van der Waals surface area (Å²) in [5.74, 6) is 5.05. The molecule has 0 amide bonds. The van der Waals surface area contributed by atoms with Crippen molar-refractivity contribution in [3.63, 3.8) is 0 Å². The van der Waals surface area contributed by atoms with Crippen LogP contribution in [0.3, 0.4) is 0 Å². The Morgan fingerprint density at radius 2 is 1.29 bits per heavy atom. The Balaban J connectivity index is 1.37. The lowest BCUT2D eigenvalue weighted by molar-refractivity contribution is -0.618.